The van der Waals surface area contributed by atoms with Gasteiger partial charge in [0.25, 0.3) is 11.6 Å². The molecule has 0 aliphatic heterocycles. The highest BCUT2D eigenvalue weighted by molar-refractivity contribution is 6.33. The molecule has 0 spiro atoms. The lowest BCUT2D eigenvalue weighted by Gasteiger charge is -2.07. The minimum absolute atomic E-state index is 0.0444. The largest absolute Gasteiger partial charge is 0.398 e. The summed E-state index contributed by atoms with van der Waals surface area (Å²) in [4.78, 5) is 22.4. The van der Waals surface area contributed by atoms with E-state index in [9.17, 15) is 14.9 Å². The van der Waals surface area contributed by atoms with E-state index in [4.69, 9.17) is 28.9 Å². The molecule has 2 rings (SSSR count). The summed E-state index contributed by atoms with van der Waals surface area (Å²) in [6.07, 6.45) is 0. The molecule has 0 atom stereocenters. The van der Waals surface area contributed by atoms with E-state index in [0.29, 0.717) is 5.02 Å². The molecule has 0 bridgehead atoms. The molecular formula is C13H9Cl2N3O3. The number of benzene rings is 2. The van der Waals surface area contributed by atoms with Crippen LogP contribution in [-0.4, -0.2) is 10.8 Å². The molecule has 0 radical (unpaired) electrons. The number of amides is 1. The summed E-state index contributed by atoms with van der Waals surface area (Å²) >= 11 is 11.5. The Hall–Kier alpha value is -2.31. The standard InChI is InChI=1S/C13H9Cl2N3O3/c14-8-2-4-11(12(6-8)18(20)21)17-13(19)7-1-3-9(15)10(16)5-7/h1-6H,16H2,(H,17,19). The SMILES string of the molecule is Nc1cc(C(=O)Nc2ccc(Cl)cc2[N+](=O)[O-])ccc1Cl. The molecule has 21 heavy (non-hydrogen) atoms. The first-order valence-electron chi connectivity index (χ1n) is 5.69. The highest BCUT2D eigenvalue weighted by atomic mass is 35.5. The zero-order valence-electron chi connectivity index (χ0n) is 10.5. The average Bonchev–Trinajstić information content (AvgIpc) is 2.43. The van der Waals surface area contributed by atoms with E-state index in [1.165, 1.54) is 30.3 Å². The topological polar surface area (TPSA) is 98.3 Å². The van der Waals surface area contributed by atoms with Gasteiger partial charge >= 0.3 is 0 Å². The van der Waals surface area contributed by atoms with E-state index in [-0.39, 0.29) is 27.6 Å². The summed E-state index contributed by atoms with van der Waals surface area (Å²) in [6.45, 7) is 0. The van der Waals surface area contributed by atoms with Gasteiger partial charge in [0.1, 0.15) is 5.69 Å². The van der Waals surface area contributed by atoms with Crippen LogP contribution in [0.1, 0.15) is 10.4 Å². The molecule has 0 heterocycles. The van der Waals surface area contributed by atoms with Gasteiger partial charge in [-0.05, 0) is 30.3 Å². The van der Waals surface area contributed by atoms with Crippen molar-refractivity contribution in [3.8, 4) is 0 Å². The van der Waals surface area contributed by atoms with E-state index in [1.54, 1.807) is 0 Å². The van der Waals surface area contributed by atoms with E-state index in [0.717, 1.165) is 6.07 Å². The first kappa shape index (κ1) is 15.1. The molecular weight excluding hydrogens is 317 g/mol. The number of nitrogens with two attached hydrogens (primary N) is 1. The van der Waals surface area contributed by atoms with Crippen LogP contribution < -0.4 is 11.1 Å². The lowest BCUT2D eigenvalue weighted by Crippen LogP contribution is -2.13. The number of anilines is 2. The van der Waals surface area contributed by atoms with Gasteiger partial charge in [-0.15, -0.1) is 0 Å². The number of hydrogen-bond donors (Lipinski definition) is 2. The highest BCUT2D eigenvalue weighted by Crippen LogP contribution is 2.28. The first-order chi connectivity index (χ1) is 9.88. The molecule has 0 aliphatic rings. The second kappa shape index (κ2) is 5.99. The van der Waals surface area contributed by atoms with Crippen molar-refractivity contribution in [1.82, 2.24) is 0 Å². The average molecular weight is 326 g/mol. The Labute approximate surface area is 129 Å². The van der Waals surface area contributed by atoms with Crippen LogP contribution in [0.3, 0.4) is 0 Å². The number of nitrogens with zero attached hydrogens (tertiary/aromatic N) is 1. The zero-order valence-corrected chi connectivity index (χ0v) is 12.0. The third-order valence-electron chi connectivity index (χ3n) is 2.66. The molecule has 1 amide bonds. The van der Waals surface area contributed by atoms with Crippen LogP contribution in [-0.2, 0) is 0 Å². The van der Waals surface area contributed by atoms with E-state index in [2.05, 4.69) is 5.32 Å². The Balaban J connectivity index is 2.31. The van der Waals surface area contributed by atoms with E-state index < -0.39 is 10.8 Å². The zero-order chi connectivity index (χ0) is 15.6. The fourth-order valence-electron chi connectivity index (χ4n) is 1.64. The van der Waals surface area contributed by atoms with Crippen LogP contribution in [0.15, 0.2) is 36.4 Å². The second-order valence-corrected chi connectivity index (χ2v) is 4.95. The van der Waals surface area contributed by atoms with E-state index in [1.807, 2.05) is 0 Å². The van der Waals surface area contributed by atoms with Gasteiger partial charge in [-0.25, -0.2) is 0 Å². The molecule has 0 aromatic heterocycles. The Kier molecular flexibility index (Phi) is 4.30. The van der Waals surface area contributed by atoms with E-state index >= 15 is 0 Å². The van der Waals surface area contributed by atoms with Gasteiger partial charge in [-0.3, -0.25) is 14.9 Å². The molecule has 108 valence electrons. The van der Waals surface area contributed by atoms with Gasteiger partial charge in [0.05, 0.1) is 15.6 Å². The molecule has 0 aliphatic carbocycles. The Morgan fingerprint density at radius 3 is 2.52 bits per heavy atom. The molecule has 0 fully saturated rings. The number of nitro groups is 1. The Bertz CT molecular complexity index is 735. The minimum Gasteiger partial charge on any atom is -0.398 e. The normalized spacial score (nSPS) is 10.2. The highest BCUT2D eigenvalue weighted by Gasteiger charge is 2.17. The third-order valence-corrected chi connectivity index (χ3v) is 3.24. The first-order valence-corrected chi connectivity index (χ1v) is 6.44. The van der Waals surface area contributed by atoms with Gasteiger partial charge in [-0.1, -0.05) is 23.2 Å². The van der Waals surface area contributed by atoms with Gasteiger partial charge in [-0.2, -0.15) is 0 Å². The van der Waals surface area contributed by atoms with Gasteiger partial charge < -0.3 is 11.1 Å². The fourth-order valence-corrected chi connectivity index (χ4v) is 1.92. The van der Waals surface area contributed by atoms with Crippen molar-refractivity contribution in [3.63, 3.8) is 0 Å². The summed E-state index contributed by atoms with van der Waals surface area (Å²) in [6, 6.07) is 8.29. The van der Waals surface area contributed by atoms with Gasteiger partial charge in [0.15, 0.2) is 0 Å². The molecule has 2 aromatic rings. The summed E-state index contributed by atoms with van der Waals surface area (Å²) in [5.74, 6) is -0.538. The monoisotopic (exact) mass is 325 g/mol. The van der Waals surface area contributed by atoms with Gasteiger partial charge in [0.2, 0.25) is 0 Å². The number of halogens is 2. The second-order valence-electron chi connectivity index (χ2n) is 4.11. The Morgan fingerprint density at radius 2 is 1.90 bits per heavy atom. The van der Waals surface area contributed by atoms with Crippen molar-refractivity contribution >= 4 is 46.2 Å². The quantitative estimate of drug-likeness (QED) is 0.510. The number of nitrogen functional groups attached to an aromatic ring is 1. The molecule has 0 unspecified atom stereocenters. The molecule has 3 N–H and O–H groups in total. The lowest BCUT2D eigenvalue weighted by atomic mass is 10.2. The van der Waals surface area contributed by atoms with Crippen molar-refractivity contribution in [2.24, 2.45) is 0 Å². The van der Waals surface area contributed by atoms with Crippen molar-refractivity contribution in [3.05, 3.63) is 62.1 Å². The summed E-state index contributed by atoms with van der Waals surface area (Å²) in [5, 5.41) is 13.9. The molecule has 2 aromatic carbocycles. The molecule has 0 saturated carbocycles. The summed E-state index contributed by atoms with van der Waals surface area (Å²) in [7, 11) is 0. The van der Waals surface area contributed by atoms with Crippen molar-refractivity contribution in [2.45, 2.75) is 0 Å². The number of hydrogen-bond acceptors (Lipinski definition) is 4. The molecule has 0 saturated heterocycles. The third kappa shape index (κ3) is 3.42. The smallest absolute Gasteiger partial charge is 0.294 e. The number of carbonyl (C=O) groups is 1. The maximum atomic E-state index is 12.1. The van der Waals surface area contributed by atoms with Crippen molar-refractivity contribution in [2.75, 3.05) is 11.1 Å². The van der Waals surface area contributed by atoms with Crippen LogP contribution in [0.2, 0.25) is 10.0 Å². The summed E-state index contributed by atoms with van der Waals surface area (Å²) in [5.41, 5.74) is 5.85. The predicted molar refractivity (Wildman–Crippen MR) is 81.9 cm³/mol. The Morgan fingerprint density at radius 1 is 1.19 bits per heavy atom. The van der Waals surface area contributed by atoms with Crippen molar-refractivity contribution < 1.29 is 9.72 Å². The van der Waals surface area contributed by atoms with Crippen molar-refractivity contribution in [1.29, 1.82) is 0 Å². The minimum atomic E-state index is -0.627. The number of nitrogens with one attached hydrogen (secondary N) is 1. The maximum absolute atomic E-state index is 12.1. The van der Waals surface area contributed by atoms with Crippen LogP contribution in [0.4, 0.5) is 17.1 Å². The molecule has 8 heteroatoms. The van der Waals surface area contributed by atoms with Crippen LogP contribution >= 0.6 is 23.2 Å². The number of rotatable bonds is 3. The fraction of sp³-hybridized carbons (Fsp3) is 0. The van der Waals surface area contributed by atoms with Crippen LogP contribution in [0.25, 0.3) is 0 Å². The summed E-state index contributed by atoms with van der Waals surface area (Å²) < 4.78 is 0. The predicted octanol–water partition coefficient (Wildman–Crippen LogP) is 3.74. The van der Waals surface area contributed by atoms with Crippen LogP contribution in [0, 0.1) is 10.1 Å². The van der Waals surface area contributed by atoms with Crippen LogP contribution in [0.5, 0.6) is 0 Å². The number of carbonyl (C=O) groups excluding carboxylic acids is 1. The molecule has 6 nitrogen and oxygen atoms in total. The number of nitro benzene ring substituents is 1. The lowest BCUT2D eigenvalue weighted by molar-refractivity contribution is -0.383. The van der Waals surface area contributed by atoms with Gasteiger partial charge in [0, 0.05) is 16.7 Å². The maximum Gasteiger partial charge on any atom is 0.294 e.